The summed E-state index contributed by atoms with van der Waals surface area (Å²) in [4.78, 5) is 24.2. The van der Waals surface area contributed by atoms with Gasteiger partial charge in [-0.15, -0.1) is 0 Å². The van der Waals surface area contributed by atoms with Crippen LogP contribution in [-0.2, 0) is 22.6 Å². The van der Waals surface area contributed by atoms with Crippen LogP contribution in [0.3, 0.4) is 0 Å². The molecular formula is C21H21F2N3O3. The number of hydrogen-bond donors (Lipinski definition) is 2. The summed E-state index contributed by atoms with van der Waals surface area (Å²) >= 11 is 0. The van der Waals surface area contributed by atoms with E-state index in [9.17, 15) is 18.4 Å². The summed E-state index contributed by atoms with van der Waals surface area (Å²) < 4.78 is 34.0. The number of alkyl halides is 2. The second-order valence-electron chi connectivity index (χ2n) is 6.36. The van der Waals surface area contributed by atoms with Gasteiger partial charge >= 0.3 is 6.09 Å². The largest absolute Gasteiger partial charge is 0.445 e. The molecule has 1 atom stereocenters. The predicted octanol–water partition coefficient (Wildman–Crippen LogP) is 3.19. The number of nitriles is 1. The van der Waals surface area contributed by atoms with E-state index in [0.717, 1.165) is 0 Å². The van der Waals surface area contributed by atoms with Crippen molar-refractivity contribution in [1.29, 1.82) is 5.26 Å². The lowest BCUT2D eigenvalue weighted by molar-refractivity contribution is -0.125. The molecule has 0 spiro atoms. The van der Waals surface area contributed by atoms with Crippen LogP contribution < -0.4 is 10.6 Å². The van der Waals surface area contributed by atoms with Gasteiger partial charge in [-0.1, -0.05) is 60.7 Å². The van der Waals surface area contributed by atoms with Gasteiger partial charge in [-0.25, -0.2) is 13.6 Å². The molecule has 0 aliphatic carbocycles. The van der Waals surface area contributed by atoms with Gasteiger partial charge < -0.3 is 15.4 Å². The minimum absolute atomic E-state index is 0.0698. The standard InChI is InChI=1S/C21H21F2N3O3/c22-21(23,13-16-7-3-1-4-8-16)14-18(19(27)25-12-11-24)26-20(28)29-15-17-9-5-2-6-10-17/h1-10,18H,12-15H2,(H,25,27)(H,26,28)/t18-/m0/s1. The SMILES string of the molecule is N#CCNC(=O)[C@H](CC(F)(F)Cc1ccccc1)NC(=O)OCc1ccccc1. The molecule has 0 bridgehead atoms. The average molecular weight is 401 g/mol. The minimum Gasteiger partial charge on any atom is -0.445 e. The monoisotopic (exact) mass is 401 g/mol. The number of nitrogens with one attached hydrogen (secondary N) is 2. The molecule has 2 aromatic carbocycles. The smallest absolute Gasteiger partial charge is 0.408 e. The van der Waals surface area contributed by atoms with E-state index in [1.165, 1.54) is 0 Å². The highest BCUT2D eigenvalue weighted by molar-refractivity contribution is 5.85. The quantitative estimate of drug-likeness (QED) is 0.632. The Balaban J connectivity index is 2.00. The van der Waals surface area contributed by atoms with Crippen LogP contribution in [0.15, 0.2) is 60.7 Å². The van der Waals surface area contributed by atoms with Crippen molar-refractivity contribution in [3.05, 3.63) is 71.8 Å². The third-order valence-electron chi connectivity index (χ3n) is 3.97. The summed E-state index contributed by atoms with van der Waals surface area (Å²) in [6.45, 7) is -0.431. The molecule has 2 N–H and O–H groups in total. The maximum atomic E-state index is 14.5. The summed E-state index contributed by atoms with van der Waals surface area (Å²) in [6.07, 6.45) is -2.52. The number of nitrogens with zero attached hydrogens (tertiary/aromatic N) is 1. The number of ether oxygens (including phenoxy) is 1. The molecule has 0 unspecified atom stereocenters. The molecular weight excluding hydrogens is 380 g/mol. The van der Waals surface area contributed by atoms with Gasteiger partial charge in [-0.05, 0) is 11.1 Å². The summed E-state index contributed by atoms with van der Waals surface area (Å²) in [7, 11) is 0. The van der Waals surface area contributed by atoms with E-state index in [2.05, 4.69) is 10.6 Å². The lowest BCUT2D eigenvalue weighted by Crippen LogP contribution is -2.50. The highest BCUT2D eigenvalue weighted by atomic mass is 19.3. The second kappa shape index (κ2) is 10.8. The van der Waals surface area contributed by atoms with Crippen LogP contribution in [0, 0.1) is 11.3 Å². The zero-order valence-electron chi connectivity index (χ0n) is 15.6. The highest BCUT2D eigenvalue weighted by Gasteiger charge is 2.37. The molecule has 6 nitrogen and oxygen atoms in total. The van der Waals surface area contributed by atoms with Gasteiger partial charge in [0.05, 0.1) is 6.07 Å². The topological polar surface area (TPSA) is 91.2 Å². The number of benzene rings is 2. The first-order chi connectivity index (χ1) is 13.9. The van der Waals surface area contributed by atoms with Gasteiger partial charge in [0.1, 0.15) is 19.2 Å². The van der Waals surface area contributed by atoms with E-state index in [-0.39, 0.29) is 13.2 Å². The van der Waals surface area contributed by atoms with E-state index in [0.29, 0.717) is 11.1 Å². The van der Waals surface area contributed by atoms with Crippen LogP contribution in [0.4, 0.5) is 13.6 Å². The zero-order valence-corrected chi connectivity index (χ0v) is 15.6. The van der Waals surface area contributed by atoms with Crippen molar-refractivity contribution in [1.82, 2.24) is 10.6 Å². The van der Waals surface area contributed by atoms with Crippen LogP contribution in [0.5, 0.6) is 0 Å². The molecule has 0 heterocycles. The van der Waals surface area contributed by atoms with Crippen LogP contribution in [0.2, 0.25) is 0 Å². The van der Waals surface area contributed by atoms with Crippen LogP contribution in [0.25, 0.3) is 0 Å². The van der Waals surface area contributed by atoms with E-state index in [1.807, 2.05) is 0 Å². The number of amides is 2. The number of carbonyl (C=O) groups is 2. The molecule has 0 fully saturated rings. The van der Waals surface area contributed by atoms with Gasteiger partial charge in [0, 0.05) is 12.8 Å². The molecule has 2 aromatic rings. The lowest BCUT2D eigenvalue weighted by Gasteiger charge is -2.23. The molecule has 0 saturated heterocycles. The molecule has 152 valence electrons. The van der Waals surface area contributed by atoms with E-state index < -0.39 is 36.8 Å². The van der Waals surface area contributed by atoms with E-state index in [4.69, 9.17) is 10.00 Å². The van der Waals surface area contributed by atoms with Crippen molar-refractivity contribution >= 4 is 12.0 Å². The number of carbonyl (C=O) groups excluding carboxylic acids is 2. The van der Waals surface area contributed by atoms with Crippen molar-refractivity contribution in [2.45, 2.75) is 31.4 Å². The lowest BCUT2D eigenvalue weighted by atomic mass is 10.0. The summed E-state index contributed by atoms with van der Waals surface area (Å²) in [5.74, 6) is -4.14. The Bertz CT molecular complexity index is 839. The fourth-order valence-corrected chi connectivity index (χ4v) is 2.63. The normalized spacial score (nSPS) is 11.8. The molecule has 0 saturated carbocycles. The number of halogens is 2. The van der Waals surface area contributed by atoms with Gasteiger partial charge in [-0.2, -0.15) is 5.26 Å². The van der Waals surface area contributed by atoms with Crippen molar-refractivity contribution in [3.63, 3.8) is 0 Å². The molecule has 0 aliphatic heterocycles. The van der Waals surface area contributed by atoms with E-state index in [1.54, 1.807) is 66.7 Å². The molecule has 29 heavy (non-hydrogen) atoms. The third-order valence-corrected chi connectivity index (χ3v) is 3.97. The Morgan fingerprint density at radius 1 is 1.03 bits per heavy atom. The van der Waals surface area contributed by atoms with Gasteiger partial charge in [0.15, 0.2) is 0 Å². The fraction of sp³-hybridized carbons (Fsp3) is 0.286. The minimum atomic E-state index is -3.26. The first-order valence-corrected chi connectivity index (χ1v) is 8.93. The Kier molecular flexibility index (Phi) is 8.10. The molecule has 8 heteroatoms. The van der Waals surface area contributed by atoms with E-state index >= 15 is 0 Å². The Hall–Kier alpha value is -3.47. The third kappa shape index (κ3) is 7.97. The summed E-state index contributed by atoms with van der Waals surface area (Å²) in [5.41, 5.74) is 1.11. The first kappa shape index (κ1) is 21.8. The van der Waals surface area contributed by atoms with Crippen LogP contribution in [-0.4, -0.2) is 30.5 Å². The van der Waals surface area contributed by atoms with Gasteiger partial charge in [0.2, 0.25) is 5.91 Å². The molecule has 0 aliphatic rings. The Morgan fingerprint density at radius 2 is 1.62 bits per heavy atom. The Labute approximate surface area is 167 Å². The maximum Gasteiger partial charge on any atom is 0.408 e. The first-order valence-electron chi connectivity index (χ1n) is 8.93. The summed E-state index contributed by atoms with van der Waals surface area (Å²) in [5, 5.41) is 13.0. The average Bonchev–Trinajstić information content (AvgIpc) is 2.71. The van der Waals surface area contributed by atoms with Crippen molar-refractivity contribution in [2.75, 3.05) is 6.54 Å². The predicted molar refractivity (Wildman–Crippen MR) is 102 cm³/mol. The van der Waals surface area contributed by atoms with Crippen molar-refractivity contribution in [3.8, 4) is 6.07 Å². The van der Waals surface area contributed by atoms with Crippen LogP contribution in [0.1, 0.15) is 17.5 Å². The van der Waals surface area contributed by atoms with Gasteiger partial charge in [-0.3, -0.25) is 4.79 Å². The molecule has 2 rings (SSSR count). The van der Waals surface area contributed by atoms with Gasteiger partial charge in [0.25, 0.3) is 5.92 Å². The zero-order chi connectivity index (χ0) is 21.1. The second-order valence-corrected chi connectivity index (χ2v) is 6.36. The van der Waals surface area contributed by atoms with Crippen LogP contribution >= 0.6 is 0 Å². The molecule has 0 radical (unpaired) electrons. The number of hydrogen-bond acceptors (Lipinski definition) is 4. The summed E-state index contributed by atoms with van der Waals surface area (Å²) in [6, 6.07) is 17.0. The fourth-order valence-electron chi connectivity index (χ4n) is 2.63. The maximum absolute atomic E-state index is 14.5. The number of alkyl carbamates (subject to hydrolysis) is 1. The highest BCUT2D eigenvalue weighted by Crippen LogP contribution is 2.25. The number of rotatable bonds is 9. The van der Waals surface area contributed by atoms with Crippen molar-refractivity contribution < 1.29 is 23.1 Å². The molecule has 2 amide bonds. The molecule has 0 aromatic heterocycles. The van der Waals surface area contributed by atoms with Crippen molar-refractivity contribution in [2.24, 2.45) is 0 Å². The Morgan fingerprint density at radius 3 is 2.21 bits per heavy atom.